The molecule has 2 aromatic heterocycles. The third kappa shape index (κ3) is 2.83. The Labute approximate surface area is 107 Å². The molecule has 0 aliphatic rings. The van der Waals surface area contributed by atoms with Crippen molar-refractivity contribution in [3.63, 3.8) is 0 Å². The molecule has 0 aliphatic carbocycles. The fourth-order valence-corrected chi connectivity index (χ4v) is 2.70. The van der Waals surface area contributed by atoms with E-state index in [1.54, 1.807) is 13.0 Å². The summed E-state index contributed by atoms with van der Waals surface area (Å²) < 4.78 is 26.8. The van der Waals surface area contributed by atoms with E-state index in [1.165, 1.54) is 18.5 Å². The van der Waals surface area contributed by atoms with Crippen LogP contribution in [0.3, 0.4) is 0 Å². The number of nitrogens with zero attached hydrogens (tertiary/aromatic N) is 2. The van der Waals surface area contributed by atoms with E-state index in [1.807, 2.05) is 0 Å². The number of hydrogen-bond donors (Lipinski definition) is 2. The molecule has 0 aliphatic heterocycles. The third-order valence-electron chi connectivity index (χ3n) is 1.93. The van der Waals surface area contributed by atoms with E-state index in [4.69, 9.17) is 0 Å². The topological polar surface area (TPSA) is 87.7 Å². The normalized spacial score (nSPS) is 11.4. The Morgan fingerprint density at radius 1 is 1.35 bits per heavy atom. The predicted molar refractivity (Wildman–Crippen MR) is 66.1 cm³/mol. The van der Waals surface area contributed by atoms with Crippen LogP contribution in [-0.2, 0) is 10.0 Å². The Bertz CT molecular complexity index is 638. The quantitative estimate of drug-likeness (QED) is 0.901. The molecule has 90 valence electrons. The van der Waals surface area contributed by atoms with Crippen molar-refractivity contribution in [2.24, 2.45) is 0 Å². The van der Waals surface area contributed by atoms with Crippen molar-refractivity contribution in [2.45, 2.75) is 11.8 Å². The molecular weight excluding hydrogens is 308 g/mol. The van der Waals surface area contributed by atoms with Gasteiger partial charge in [-0.2, -0.15) is 5.10 Å². The van der Waals surface area contributed by atoms with Gasteiger partial charge in [-0.05, 0) is 28.9 Å². The highest BCUT2D eigenvalue weighted by molar-refractivity contribution is 9.10. The highest BCUT2D eigenvalue weighted by atomic mass is 79.9. The summed E-state index contributed by atoms with van der Waals surface area (Å²) in [6.07, 6.45) is 2.78. The third-order valence-corrected chi connectivity index (χ3v) is 3.69. The van der Waals surface area contributed by atoms with Gasteiger partial charge in [0.1, 0.15) is 4.90 Å². The summed E-state index contributed by atoms with van der Waals surface area (Å²) in [5.41, 5.74) is 0.773. The monoisotopic (exact) mass is 316 g/mol. The van der Waals surface area contributed by atoms with E-state index in [0.29, 0.717) is 4.47 Å². The molecule has 6 nitrogen and oxygen atoms in total. The molecule has 17 heavy (non-hydrogen) atoms. The maximum atomic E-state index is 11.9. The molecule has 0 saturated carbocycles. The minimum absolute atomic E-state index is 0.0764. The van der Waals surface area contributed by atoms with Crippen LogP contribution in [0.5, 0.6) is 0 Å². The van der Waals surface area contributed by atoms with Crippen LogP contribution in [0.4, 0.5) is 5.82 Å². The number of aryl methyl sites for hydroxylation is 1. The van der Waals surface area contributed by atoms with Crippen molar-refractivity contribution >= 4 is 31.8 Å². The van der Waals surface area contributed by atoms with Gasteiger partial charge in [0.05, 0.1) is 0 Å². The van der Waals surface area contributed by atoms with E-state index < -0.39 is 10.0 Å². The first-order chi connectivity index (χ1) is 7.97. The van der Waals surface area contributed by atoms with Gasteiger partial charge in [-0.15, -0.1) is 0 Å². The molecule has 0 bridgehead atoms. The standard InChI is InChI=1S/C9H9BrN4O2S/c1-6-2-9(13-12-6)14-17(15,16)8-3-7(10)4-11-5-8/h2-5H,1H3,(H2,12,13,14). The Hall–Kier alpha value is -1.41. The second-order valence-electron chi connectivity index (χ2n) is 3.38. The average molecular weight is 317 g/mol. The number of hydrogen-bond acceptors (Lipinski definition) is 4. The number of aromatic nitrogens is 3. The molecule has 8 heteroatoms. The Morgan fingerprint density at radius 3 is 2.71 bits per heavy atom. The molecule has 2 rings (SSSR count). The number of H-pyrrole nitrogens is 1. The van der Waals surface area contributed by atoms with E-state index in [2.05, 4.69) is 35.8 Å². The number of sulfonamides is 1. The molecule has 0 unspecified atom stereocenters. The van der Waals surface area contributed by atoms with E-state index in [-0.39, 0.29) is 10.7 Å². The highest BCUT2D eigenvalue weighted by Gasteiger charge is 2.16. The first kappa shape index (κ1) is 12.1. The van der Waals surface area contributed by atoms with Gasteiger partial charge >= 0.3 is 0 Å². The summed E-state index contributed by atoms with van der Waals surface area (Å²) in [5.74, 6) is 0.252. The van der Waals surface area contributed by atoms with Crippen LogP contribution in [-0.4, -0.2) is 23.6 Å². The number of nitrogens with one attached hydrogen (secondary N) is 2. The van der Waals surface area contributed by atoms with Crippen LogP contribution >= 0.6 is 15.9 Å². The van der Waals surface area contributed by atoms with E-state index in [0.717, 1.165) is 5.69 Å². The lowest BCUT2D eigenvalue weighted by molar-refractivity contribution is 0.600. The zero-order valence-electron chi connectivity index (χ0n) is 8.81. The summed E-state index contributed by atoms with van der Waals surface area (Å²) in [6, 6.07) is 3.07. The number of rotatable bonds is 3. The number of halogens is 1. The zero-order valence-corrected chi connectivity index (χ0v) is 11.2. The maximum Gasteiger partial charge on any atom is 0.264 e. The van der Waals surface area contributed by atoms with Gasteiger partial charge in [0, 0.05) is 28.6 Å². The van der Waals surface area contributed by atoms with Gasteiger partial charge in [-0.25, -0.2) is 8.42 Å². The molecule has 0 saturated heterocycles. The average Bonchev–Trinajstić information content (AvgIpc) is 2.63. The van der Waals surface area contributed by atoms with Crippen molar-refractivity contribution in [3.05, 3.63) is 34.7 Å². The minimum Gasteiger partial charge on any atom is -0.281 e. The largest absolute Gasteiger partial charge is 0.281 e. The van der Waals surface area contributed by atoms with Crippen molar-refractivity contribution in [1.29, 1.82) is 0 Å². The molecule has 0 amide bonds. The maximum absolute atomic E-state index is 11.9. The van der Waals surface area contributed by atoms with Crippen molar-refractivity contribution in [3.8, 4) is 0 Å². The number of pyridine rings is 1. The van der Waals surface area contributed by atoms with Crippen LogP contribution in [0.15, 0.2) is 33.9 Å². The van der Waals surface area contributed by atoms with E-state index in [9.17, 15) is 8.42 Å². The Balaban J connectivity index is 2.31. The lowest BCUT2D eigenvalue weighted by Crippen LogP contribution is -2.13. The Kier molecular flexibility index (Phi) is 3.16. The summed E-state index contributed by atoms with van der Waals surface area (Å²) in [7, 11) is -3.65. The molecule has 0 radical (unpaired) electrons. The van der Waals surface area contributed by atoms with Gasteiger partial charge < -0.3 is 0 Å². The molecule has 2 N–H and O–H groups in total. The summed E-state index contributed by atoms with van der Waals surface area (Å²) >= 11 is 3.17. The molecule has 0 aromatic carbocycles. The fraction of sp³-hybridized carbons (Fsp3) is 0.111. The molecular formula is C9H9BrN4O2S. The Morgan fingerprint density at radius 2 is 2.12 bits per heavy atom. The molecule has 0 fully saturated rings. The van der Waals surface area contributed by atoms with Crippen LogP contribution in [0.25, 0.3) is 0 Å². The van der Waals surface area contributed by atoms with Crippen molar-refractivity contribution in [2.75, 3.05) is 4.72 Å². The smallest absolute Gasteiger partial charge is 0.264 e. The predicted octanol–water partition coefficient (Wildman–Crippen LogP) is 1.68. The van der Waals surface area contributed by atoms with Crippen molar-refractivity contribution < 1.29 is 8.42 Å². The van der Waals surface area contributed by atoms with Gasteiger partial charge in [-0.1, -0.05) is 0 Å². The first-order valence-electron chi connectivity index (χ1n) is 4.63. The second kappa shape index (κ2) is 4.46. The molecule has 0 spiro atoms. The van der Waals surface area contributed by atoms with Crippen LogP contribution in [0, 0.1) is 6.92 Å². The SMILES string of the molecule is Cc1cc(NS(=O)(=O)c2cncc(Br)c2)n[nH]1. The van der Waals surface area contributed by atoms with Gasteiger partial charge in [-0.3, -0.25) is 14.8 Å². The number of aromatic amines is 1. The van der Waals surface area contributed by atoms with Gasteiger partial charge in [0.2, 0.25) is 0 Å². The fourth-order valence-electron chi connectivity index (χ4n) is 1.21. The van der Waals surface area contributed by atoms with Crippen LogP contribution in [0.1, 0.15) is 5.69 Å². The number of anilines is 1. The molecule has 0 atom stereocenters. The van der Waals surface area contributed by atoms with Crippen LogP contribution in [0.2, 0.25) is 0 Å². The molecule has 2 aromatic rings. The summed E-state index contributed by atoms with van der Waals surface area (Å²) in [4.78, 5) is 3.88. The summed E-state index contributed by atoms with van der Waals surface area (Å²) in [6.45, 7) is 1.78. The lowest BCUT2D eigenvalue weighted by atomic mass is 10.5. The van der Waals surface area contributed by atoms with E-state index >= 15 is 0 Å². The van der Waals surface area contributed by atoms with Crippen molar-refractivity contribution in [1.82, 2.24) is 15.2 Å². The highest BCUT2D eigenvalue weighted by Crippen LogP contribution is 2.17. The minimum atomic E-state index is -3.65. The lowest BCUT2D eigenvalue weighted by Gasteiger charge is -2.04. The van der Waals surface area contributed by atoms with Gasteiger partial charge in [0.25, 0.3) is 10.0 Å². The zero-order chi connectivity index (χ0) is 12.5. The van der Waals surface area contributed by atoms with Gasteiger partial charge in [0.15, 0.2) is 5.82 Å². The second-order valence-corrected chi connectivity index (χ2v) is 5.98. The summed E-state index contributed by atoms with van der Waals surface area (Å²) in [5, 5.41) is 6.45. The first-order valence-corrected chi connectivity index (χ1v) is 6.90. The van der Waals surface area contributed by atoms with Crippen LogP contribution < -0.4 is 4.72 Å². The molecule has 2 heterocycles.